The number of aromatic nitrogens is 2. The fourth-order valence-electron chi connectivity index (χ4n) is 3.59. The number of aryl methyl sites for hydroxylation is 1. The Kier molecular flexibility index (Phi) is 3.86. The Bertz CT molecular complexity index is 1160. The van der Waals surface area contributed by atoms with Crippen LogP contribution >= 0.6 is 0 Å². The van der Waals surface area contributed by atoms with Crippen molar-refractivity contribution < 1.29 is 9.53 Å². The van der Waals surface area contributed by atoms with E-state index in [1.165, 1.54) is 0 Å². The first kappa shape index (κ1) is 16.6. The van der Waals surface area contributed by atoms with Crippen LogP contribution in [0.1, 0.15) is 11.1 Å². The van der Waals surface area contributed by atoms with E-state index in [9.17, 15) is 4.79 Å². The molecule has 4 aromatic rings. The molecule has 0 bridgehead atoms. The van der Waals surface area contributed by atoms with Crippen LogP contribution in [0.3, 0.4) is 0 Å². The molecule has 28 heavy (non-hydrogen) atoms. The molecule has 0 fully saturated rings. The summed E-state index contributed by atoms with van der Waals surface area (Å²) in [6.07, 6.45) is 1.96. The molecule has 0 saturated carbocycles. The van der Waals surface area contributed by atoms with Gasteiger partial charge in [0.1, 0.15) is 22.9 Å². The van der Waals surface area contributed by atoms with Crippen LogP contribution in [0.4, 0.5) is 5.82 Å². The standard InChI is InChI=1S/C23H19N3O2/c1-15-11-12-26-20(13-15)24-21(16-7-3-2-4-8-16)22(26)25-23(27)19-14-17-9-5-6-10-18(17)28-19/h2-13,19H,14H2,1H3,(H,25,27). The number of nitrogens with one attached hydrogen (secondary N) is 1. The van der Waals surface area contributed by atoms with Crippen LogP contribution in [-0.4, -0.2) is 21.4 Å². The van der Waals surface area contributed by atoms with E-state index in [4.69, 9.17) is 9.72 Å². The SMILES string of the molecule is Cc1ccn2c(NC(=O)C3Cc4ccccc4O3)c(-c3ccccc3)nc2c1. The minimum absolute atomic E-state index is 0.171. The highest BCUT2D eigenvalue weighted by molar-refractivity contribution is 5.98. The third kappa shape index (κ3) is 2.81. The van der Waals surface area contributed by atoms with Gasteiger partial charge in [-0.3, -0.25) is 9.20 Å². The zero-order valence-electron chi connectivity index (χ0n) is 15.4. The Hall–Kier alpha value is -3.60. The minimum Gasteiger partial charge on any atom is -0.480 e. The maximum atomic E-state index is 13.0. The predicted molar refractivity (Wildman–Crippen MR) is 109 cm³/mol. The Labute approximate surface area is 162 Å². The molecule has 0 radical (unpaired) electrons. The van der Waals surface area contributed by atoms with E-state index in [1.807, 2.05) is 84.3 Å². The Balaban J connectivity index is 1.52. The number of carbonyl (C=O) groups excluding carboxylic acids is 1. The van der Waals surface area contributed by atoms with Gasteiger partial charge in [-0.15, -0.1) is 0 Å². The lowest BCUT2D eigenvalue weighted by Gasteiger charge is -2.12. The largest absolute Gasteiger partial charge is 0.480 e. The van der Waals surface area contributed by atoms with Gasteiger partial charge in [-0.05, 0) is 36.2 Å². The topological polar surface area (TPSA) is 55.6 Å². The van der Waals surface area contributed by atoms with Crippen molar-refractivity contribution in [1.29, 1.82) is 0 Å². The quantitative estimate of drug-likeness (QED) is 0.587. The van der Waals surface area contributed by atoms with Gasteiger partial charge in [-0.2, -0.15) is 0 Å². The lowest BCUT2D eigenvalue weighted by molar-refractivity contribution is -0.122. The van der Waals surface area contributed by atoms with Crippen LogP contribution in [0.25, 0.3) is 16.9 Å². The molecular weight excluding hydrogens is 350 g/mol. The number of benzene rings is 2. The highest BCUT2D eigenvalue weighted by Gasteiger charge is 2.30. The van der Waals surface area contributed by atoms with E-state index in [-0.39, 0.29) is 5.91 Å². The average molecular weight is 369 g/mol. The summed E-state index contributed by atoms with van der Waals surface area (Å²) in [5, 5.41) is 3.06. The summed E-state index contributed by atoms with van der Waals surface area (Å²) < 4.78 is 7.76. The van der Waals surface area contributed by atoms with Gasteiger partial charge in [0.15, 0.2) is 6.10 Å². The molecule has 0 spiro atoms. The number of para-hydroxylation sites is 1. The number of pyridine rings is 1. The van der Waals surface area contributed by atoms with Crippen molar-refractivity contribution in [2.24, 2.45) is 0 Å². The Morgan fingerprint density at radius 2 is 1.89 bits per heavy atom. The lowest BCUT2D eigenvalue weighted by Crippen LogP contribution is -2.32. The van der Waals surface area contributed by atoms with Gasteiger partial charge in [-0.25, -0.2) is 4.98 Å². The highest BCUT2D eigenvalue weighted by atomic mass is 16.5. The molecule has 138 valence electrons. The van der Waals surface area contributed by atoms with Crippen LogP contribution < -0.4 is 10.1 Å². The first-order valence-corrected chi connectivity index (χ1v) is 9.28. The molecule has 1 amide bonds. The summed E-state index contributed by atoms with van der Waals surface area (Å²) in [4.78, 5) is 17.8. The third-order valence-electron chi connectivity index (χ3n) is 5.01. The van der Waals surface area contributed by atoms with Crippen molar-refractivity contribution in [3.8, 4) is 17.0 Å². The molecule has 0 aliphatic carbocycles. The maximum Gasteiger partial charge on any atom is 0.266 e. The van der Waals surface area contributed by atoms with Crippen molar-refractivity contribution in [1.82, 2.24) is 9.38 Å². The molecule has 2 aromatic heterocycles. The van der Waals surface area contributed by atoms with Gasteiger partial charge < -0.3 is 10.1 Å². The summed E-state index contributed by atoms with van der Waals surface area (Å²) in [7, 11) is 0. The van der Waals surface area contributed by atoms with E-state index in [0.717, 1.165) is 33.8 Å². The summed E-state index contributed by atoms with van der Waals surface area (Å²) in [6, 6.07) is 21.7. The zero-order valence-corrected chi connectivity index (χ0v) is 15.4. The van der Waals surface area contributed by atoms with Gasteiger partial charge in [0, 0.05) is 18.2 Å². The van der Waals surface area contributed by atoms with Crippen LogP contribution in [0.2, 0.25) is 0 Å². The minimum atomic E-state index is -0.544. The van der Waals surface area contributed by atoms with E-state index < -0.39 is 6.10 Å². The molecule has 1 atom stereocenters. The van der Waals surface area contributed by atoms with Crippen LogP contribution in [0.15, 0.2) is 72.9 Å². The monoisotopic (exact) mass is 369 g/mol. The first-order chi connectivity index (χ1) is 13.7. The number of hydrogen-bond acceptors (Lipinski definition) is 3. The number of anilines is 1. The molecule has 5 heteroatoms. The second kappa shape index (κ2) is 6.53. The number of carbonyl (C=O) groups is 1. The van der Waals surface area contributed by atoms with Gasteiger partial charge >= 0.3 is 0 Å². The maximum absolute atomic E-state index is 13.0. The number of rotatable bonds is 3. The summed E-state index contributed by atoms with van der Waals surface area (Å²) in [5.74, 6) is 1.27. The van der Waals surface area contributed by atoms with Gasteiger partial charge in [0.25, 0.3) is 5.91 Å². The van der Waals surface area contributed by atoms with Crippen molar-refractivity contribution in [3.05, 3.63) is 84.1 Å². The summed E-state index contributed by atoms with van der Waals surface area (Å²) >= 11 is 0. The van der Waals surface area contributed by atoms with E-state index >= 15 is 0 Å². The average Bonchev–Trinajstić information content (AvgIpc) is 3.30. The van der Waals surface area contributed by atoms with Crippen molar-refractivity contribution in [2.75, 3.05) is 5.32 Å². The van der Waals surface area contributed by atoms with Gasteiger partial charge in [0.05, 0.1) is 0 Å². The van der Waals surface area contributed by atoms with E-state index in [0.29, 0.717) is 12.2 Å². The lowest BCUT2D eigenvalue weighted by atomic mass is 10.1. The second-order valence-corrected chi connectivity index (χ2v) is 7.01. The predicted octanol–water partition coefficient (Wildman–Crippen LogP) is 4.25. The highest BCUT2D eigenvalue weighted by Crippen LogP contribution is 2.31. The number of ether oxygens (including phenoxy) is 1. The fraction of sp³-hybridized carbons (Fsp3) is 0.130. The number of amides is 1. The Morgan fingerprint density at radius 3 is 2.71 bits per heavy atom. The van der Waals surface area contributed by atoms with Gasteiger partial charge in [0.2, 0.25) is 0 Å². The van der Waals surface area contributed by atoms with Crippen molar-refractivity contribution in [3.63, 3.8) is 0 Å². The second-order valence-electron chi connectivity index (χ2n) is 7.01. The number of hydrogen-bond donors (Lipinski definition) is 1. The van der Waals surface area contributed by atoms with Crippen molar-refractivity contribution in [2.45, 2.75) is 19.4 Å². The molecular formula is C23H19N3O2. The molecule has 3 heterocycles. The van der Waals surface area contributed by atoms with Crippen molar-refractivity contribution >= 4 is 17.4 Å². The molecule has 1 aliphatic rings. The molecule has 1 unspecified atom stereocenters. The number of nitrogens with zero attached hydrogens (tertiary/aromatic N) is 2. The first-order valence-electron chi connectivity index (χ1n) is 9.28. The van der Waals surface area contributed by atoms with Gasteiger partial charge in [-0.1, -0.05) is 48.5 Å². The smallest absolute Gasteiger partial charge is 0.266 e. The van der Waals surface area contributed by atoms with Crippen LogP contribution in [0, 0.1) is 6.92 Å². The number of fused-ring (bicyclic) bond motifs is 2. The number of imidazole rings is 1. The Morgan fingerprint density at radius 1 is 1.11 bits per heavy atom. The summed E-state index contributed by atoms with van der Waals surface area (Å²) in [6.45, 7) is 2.03. The zero-order chi connectivity index (χ0) is 19.1. The molecule has 5 rings (SSSR count). The molecule has 5 nitrogen and oxygen atoms in total. The third-order valence-corrected chi connectivity index (χ3v) is 5.01. The fourth-order valence-corrected chi connectivity index (χ4v) is 3.59. The molecule has 0 saturated heterocycles. The molecule has 1 N–H and O–H groups in total. The van der Waals surface area contributed by atoms with Crippen LogP contribution in [0.5, 0.6) is 5.75 Å². The van der Waals surface area contributed by atoms with E-state index in [1.54, 1.807) is 0 Å². The van der Waals surface area contributed by atoms with E-state index in [2.05, 4.69) is 5.32 Å². The summed E-state index contributed by atoms with van der Waals surface area (Å²) in [5.41, 5.74) is 4.67. The molecule has 1 aliphatic heterocycles. The molecule has 2 aromatic carbocycles. The normalized spacial score (nSPS) is 15.2. The van der Waals surface area contributed by atoms with Crippen LogP contribution in [-0.2, 0) is 11.2 Å².